The normalized spacial score (nSPS) is 14.7. The molecule has 1 aromatic heterocycles. The molecule has 1 aliphatic heterocycles. The number of carbonyl (C=O) groups is 2. The number of hydrogen-bond acceptors (Lipinski definition) is 10. The van der Waals surface area contributed by atoms with Crippen molar-refractivity contribution in [3.8, 4) is 23.0 Å². The highest BCUT2D eigenvalue weighted by Crippen LogP contribution is 2.42. The average Bonchev–Trinajstić information content (AvgIpc) is 3.24. The van der Waals surface area contributed by atoms with E-state index in [0.717, 1.165) is 11.3 Å². The number of hydrogen-bond donors (Lipinski definition) is 1. The number of carboxylic acid groups (broad SMARTS) is 1. The number of fused-ring (bicyclic) bond motifs is 1. The Morgan fingerprint density at radius 1 is 1.10 bits per heavy atom. The Hall–Kier alpha value is -4.58. The lowest BCUT2D eigenvalue weighted by molar-refractivity contribution is -0.140. The van der Waals surface area contributed by atoms with Gasteiger partial charge in [0.15, 0.2) is 22.9 Å². The molecule has 1 atom stereocenters. The Bertz CT molecular complexity index is 1640. The Morgan fingerprint density at radius 2 is 1.80 bits per heavy atom. The highest BCUT2D eigenvalue weighted by molar-refractivity contribution is 7.07. The van der Waals surface area contributed by atoms with E-state index in [1.165, 1.54) is 25.9 Å². The maximum Gasteiger partial charge on any atom is 0.341 e. The molecule has 1 aliphatic rings. The fourth-order valence-corrected chi connectivity index (χ4v) is 5.40. The van der Waals surface area contributed by atoms with Gasteiger partial charge in [0.2, 0.25) is 5.75 Å². The highest BCUT2D eigenvalue weighted by Gasteiger charge is 2.34. The van der Waals surface area contributed by atoms with E-state index in [2.05, 4.69) is 4.99 Å². The lowest BCUT2D eigenvalue weighted by atomic mass is 9.95. The summed E-state index contributed by atoms with van der Waals surface area (Å²) >= 11 is 1.16. The van der Waals surface area contributed by atoms with Gasteiger partial charge in [-0.1, -0.05) is 23.5 Å². The van der Waals surface area contributed by atoms with Crippen LogP contribution in [0.1, 0.15) is 31.0 Å². The average molecular weight is 569 g/mol. The molecular formula is C28H28N2O9S. The van der Waals surface area contributed by atoms with Crippen LogP contribution in [0.15, 0.2) is 57.5 Å². The first-order valence-electron chi connectivity index (χ1n) is 12.2. The minimum Gasteiger partial charge on any atom is -0.493 e. The quantitative estimate of drug-likeness (QED) is 0.366. The van der Waals surface area contributed by atoms with Gasteiger partial charge in [-0.3, -0.25) is 9.36 Å². The molecule has 3 aromatic rings. The van der Waals surface area contributed by atoms with E-state index in [-0.39, 0.29) is 17.7 Å². The van der Waals surface area contributed by atoms with Crippen LogP contribution in [0.25, 0.3) is 6.08 Å². The number of thiazole rings is 1. The SMILES string of the molecule is CCOC(=O)C1=C(C)N=c2s/c(=C\c3cccc(OCC(=O)O)c3)c(=O)n2[C@@H]1c1cc(OC)c(OC)c(OC)c1. The van der Waals surface area contributed by atoms with Crippen LogP contribution in [0, 0.1) is 0 Å². The minimum absolute atomic E-state index is 0.141. The van der Waals surface area contributed by atoms with Crippen molar-refractivity contribution in [2.45, 2.75) is 19.9 Å². The maximum atomic E-state index is 13.9. The van der Waals surface area contributed by atoms with Gasteiger partial charge in [-0.15, -0.1) is 0 Å². The molecule has 0 fully saturated rings. The monoisotopic (exact) mass is 568 g/mol. The standard InChI is InChI=1S/C28H28N2O9S/c1-6-38-27(34)23-15(2)29-28-30(24(23)17-12-19(35-3)25(37-5)20(13-17)36-4)26(33)21(40-28)11-16-8-7-9-18(10-16)39-14-22(31)32/h7-13,24H,6,14H2,1-5H3,(H,31,32)/b21-11-/t24-/m1/s1. The van der Waals surface area contributed by atoms with Crippen LogP contribution in [0.3, 0.4) is 0 Å². The molecule has 2 aromatic carbocycles. The van der Waals surface area contributed by atoms with Crippen molar-refractivity contribution in [2.75, 3.05) is 34.5 Å². The van der Waals surface area contributed by atoms with E-state index in [0.29, 0.717) is 49.2 Å². The summed E-state index contributed by atoms with van der Waals surface area (Å²) in [5, 5.41) is 8.89. The van der Waals surface area contributed by atoms with Gasteiger partial charge in [-0.05, 0) is 55.3 Å². The number of allylic oxidation sites excluding steroid dienone is 1. The van der Waals surface area contributed by atoms with Crippen LogP contribution in [0.2, 0.25) is 0 Å². The van der Waals surface area contributed by atoms with Crippen LogP contribution in [0.5, 0.6) is 23.0 Å². The first-order chi connectivity index (χ1) is 19.2. The van der Waals surface area contributed by atoms with E-state index >= 15 is 0 Å². The second-order valence-electron chi connectivity index (χ2n) is 8.52. The zero-order valence-electron chi connectivity index (χ0n) is 22.5. The third kappa shape index (κ3) is 5.57. The molecule has 0 radical (unpaired) electrons. The maximum absolute atomic E-state index is 13.9. The molecule has 0 bridgehead atoms. The number of nitrogens with zero attached hydrogens (tertiary/aromatic N) is 2. The van der Waals surface area contributed by atoms with E-state index in [1.54, 1.807) is 56.3 Å². The van der Waals surface area contributed by atoms with E-state index in [4.69, 9.17) is 28.8 Å². The summed E-state index contributed by atoms with van der Waals surface area (Å²) in [5.41, 5.74) is 1.39. The Morgan fingerprint density at radius 3 is 2.40 bits per heavy atom. The van der Waals surface area contributed by atoms with Gasteiger partial charge < -0.3 is 28.8 Å². The molecule has 0 saturated heterocycles. The molecule has 0 unspecified atom stereocenters. The van der Waals surface area contributed by atoms with Gasteiger partial charge in [0.25, 0.3) is 5.56 Å². The minimum atomic E-state index is -1.10. The smallest absolute Gasteiger partial charge is 0.341 e. The number of aromatic nitrogens is 1. The molecule has 2 heterocycles. The molecule has 12 heteroatoms. The number of ether oxygens (including phenoxy) is 5. The first kappa shape index (κ1) is 28.4. The Kier molecular flexibility index (Phi) is 8.58. The van der Waals surface area contributed by atoms with Gasteiger partial charge in [0.1, 0.15) is 5.75 Å². The highest BCUT2D eigenvalue weighted by atomic mass is 32.1. The number of rotatable bonds is 10. The Balaban J connectivity index is 1.93. The van der Waals surface area contributed by atoms with Crippen LogP contribution < -0.4 is 33.8 Å². The summed E-state index contributed by atoms with van der Waals surface area (Å²) in [5.74, 6) is -0.271. The lowest BCUT2D eigenvalue weighted by Crippen LogP contribution is -2.40. The molecule has 0 amide bonds. The largest absolute Gasteiger partial charge is 0.493 e. The third-order valence-electron chi connectivity index (χ3n) is 6.04. The van der Waals surface area contributed by atoms with Crippen LogP contribution >= 0.6 is 11.3 Å². The fraction of sp³-hybridized carbons (Fsp3) is 0.286. The number of carbonyl (C=O) groups excluding carboxylic acids is 1. The number of benzene rings is 2. The van der Waals surface area contributed by atoms with Crippen molar-refractivity contribution >= 4 is 29.4 Å². The van der Waals surface area contributed by atoms with Crippen LogP contribution in [-0.4, -0.2) is 56.2 Å². The van der Waals surface area contributed by atoms with Gasteiger partial charge in [0, 0.05) is 0 Å². The third-order valence-corrected chi connectivity index (χ3v) is 7.02. The number of methoxy groups -OCH3 is 3. The number of aliphatic carboxylic acids is 1. The molecule has 0 aliphatic carbocycles. The molecule has 1 N–H and O–H groups in total. The van der Waals surface area contributed by atoms with Gasteiger partial charge >= 0.3 is 11.9 Å². The van der Waals surface area contributed by atoms with E-state index in [9.17, 15) is 14.4 Å². The predicted octanol–water partition coefficient (Wildman–Crippen LogP) is 2.29. The second kappa shape index (κ2) is 12.1. The first-order valence-corrected chi connectivity index (χ1v) is 13.0. The van der Waals surface area contributed by atoms with Crippen LogP contribution in [-0.2, 0) is 14.3 Å². The topological polar surface area (TPSA) is 135 Å². The zero-order chi connectivity index (χ0) is 29.0. The van der Waals surface area contributed by atoms with Crippen LogP contribution in [0.4, 0.5) is 0 Å². The summed E-state index contributed by atoms with van der Waals surface area (Å²) in [7, 11) is 4.45. The number of carboxylic acids is 1. The molecule has 4 rings (SSSR count). The van der Waals surface area contributed by atoms with Crippen molar-refractivity contribution in [1.29, 1.82) is 0 Å². The van der Waals surface area contributed by atoms with Crippen molar-refractivity contribution in [2.24, 2.45) is 4.99 Å². The molecular weight excluding hydrogens is 540 g/mol. The molecule has 0 spiro atoms. The fourth-order valence-electron chi connectivity index (χ4n) is 4.36. The summed E-state index contributed by atoms with van der Waals surface area (Å²) in [6.45, 7) is 3.04. The van der Waals surface area contributed by atoms with Gasteiger partial charge in [-0.2, -0.15) is 0 Å². The molecule has 40 heavy (non-hydrogen) atoms. The van der Waals surface area contributed by atoms with Gasteiger partial charge in [-0.25, -0.2) is 14.6 Å². The van der Waals surface area contributed by atoms with Crippen molar-refractivity contribution in [1.82, 2.24) is 4.57 Å². The zero-order valence-corrected chi connectivity index (χ0v) is 23.4. The van der Waals surface area contributed by atoms with Crippen molar-refractivity contribution < 1.29 is 38.4 Å². The molecule has 11 nitrogen and oxygen atoms in total. The van der Waals surface area contributed by atoms with E-state index in [1.807, 2.05) is 0 Å². The summed E-state index contributed by atoms with van der Waals surface area (Å²) in [4.78, 5) is 42.9. The molecule has 210 valence electrons. The summed E-state index contributed by atoms with van der Waals surface area (Å²) in [6.07, 6.45) is 1.66. The Labute approximate surface area is 233 Å². The second-order valence-corrected chi connectivity index (χ2v) is 9.52. The summed E-state index contributed by atoms with van der Waals surface area (Å²) < 4.78 is 28.9. The molecule has 0 saturated carbocycles. The van der Waals surface area contributed by atoms with E-state index < -0.39 is 24.6 Å². The predicted molar refractivity (Wildman–Crippen MR) is 146 cm³/mol. The lowest BCUT2D eigenvalue weighted by Gasteiger charge is -2.26. The number of esters is 1. The summed E-state index contributed by atoms with van der Waals surface area (Å²) in [6, 6.07) is 9.19. The van der Waals surface area contributed by atoms with Crippen molar-refractivity contribution in [3.05, 3.63) is 78.5 Å². The van der Waals surface area contributed by atoms with Gasteiger partial charge in [0.05, 0.1) is 49.8 Å². The van der Waals surface area contributed by atoms with Crippen molar-refractivity contribution in [3.63, 3.8) is 0 Å².